The summed E-state index contributed by atoms with van der Waals surface area (Å²) in [5, 5.41) is 3.30. The lowest BCUT2D eigenvalue weighted by atomic mass is 9.84. The molecule has 6 nitrogen and oxygen atoms in total. The van der Waals surface area contributed by atoms with E-state index in [2.05, 4.69) is 37.3 Å². The first-order valence-electron chi connectivity index (χ1n) is 8.62. The molecule has 3 atom stereocenters. The normalized spacial score (nSPS) is 26.9. The van der Waals surface area contributed by atoms with E-state index in [0.717, 1.165) is 32.8 Å². The van der Waals surface area contributed by atoms with Gasteiger partial charge in [-0.15, -0.1) is 0 Å². The molecule has 2 aromatic heterocycles. The number of aromatic nitrogens is 3. The number of pyridine rings is 1. The Hall–Kier alpha value is -2.05. The van der Waals surface area contributed by atoms with E-state index in [9.17, 15) is 0 Å². The molecule has 0 aromatic carbocycles. The van der Waals surface area contributed by atoms with E-state index in [1.807, 2.05) is 18.5 Å². The van der Waals surface area contributed by atoms with Crippen molar-refractivity contribution < 1.29 is 4.74 Å². The minimum absolute atomic E-state index is 0.266. The predicted octanol–water partition coefficient (Wildman–Crippen LogP) is 1.82. The van der Waals surface area contributed by atoms with Gasteiger partial charge in [0, 0.05) is 50.3 Å². The highest BCUT2D eigenvalue weighted by molar-refractivity contribution is 5.22. The van der Waals surface area contributed by atoms with Gasteiger partial charge in [0.1, 0.15) is 0 Å². The highest BCUT2D eigenvalue weighted by atomic mass is 16.5. The van der Waals surface area contributed by atoms with Crippen molar-refractivity contribution in [3.05, 3.63) is 48.5 Å². The molecular weight excluding hydrogens is 302 g/mol. The van der Waals surface area contributed by atoms with Gasteiger partial charge >= 0.3 is 0 Å². The number of fused-ring (bicyclic) bond motifs is 1. The molecule has 4 heterocycles. The van der Waals surface area contributed by atoms with Gasteiger partial charge in [0.05, 0.1) is 12.7 Å². The van der Waals surface area contributed by atoms with Crippen molar-refractivity contribution in [2.45, 2.75) is 19.1 Å². The summed E-state index contributed by atoms with van der Waals surface area (Å²) in [4.78, 5) is 15.1. The molecule has 24 heavy (non-hydrogen) atoms. The highest BCUT2D eigenvalue weighted by Crippen LogP contribution is 2.34. The molecule has 0 amide bonds. The second kappa shape index (κ2) is 7.23. The molecule has 2 aliphatic heterocycles. The van der Waals surface area contributed by atoms with Gasteiger partial charge in [0.15, 0.2) is 0 Å². The van der Waals surface area contributed by atoms with Gasteiger partial charge in [-0.05, 0) is 42.6 Å². The molecular formula is C18H23N5O. The van der Waals surface area contributed by atoms with E-state index in [1.54, 1.807) is 12.4 Å². The van der Waals surface area contributed by atoms with Crippen LogP contribution < -0.4 is 5.32 Å². The van der Waals surface area contributed by atoms with Crippen molar-refractivity contribution in [2.24, 2.45) is 11.8 Å². The van der Waals surface area contributed by atoms with E-state index in [4.69, 9.17) is 4.74 Å². The summed E-state index contributed by atoms with van der Waals surface area (Å²) in [6, 6.07) is 6.03. The van der Waals surface area contributed by atoms with Gasteiger partial charge in [0.25, 0.3) is 0 Å². The SMILES string of the molecule is c1cnc(NC[C@H]2OC[C@H]3CN(Cc4ccncc4)CC[C@H]32)nc1. The summed E-state index contributed by atoms with van der Waals surface area (Å²) < 4.78 is 6.07. The third-order valence-corrected chi connectivity index (χ3v) is 5.06. The van der Waals surface area contributed by atoms with E-state index >= 15 is 0 Å². The van der Waals surface area contributed by atoms with E-state index in [0.29, 0.717) is 17.8 Å². The van der Waals surface area contributed by atoms with Crippen LogP contribution in [-0.4, -0.2) is 52.2 Å². The Morgan fingerprint density at radius 2 is 2.00 bits per heavy atom. The molecule has 0 radical (unpaired) electrons. The van der Waals surface area contributed by atoms with Crippen LogP contribution in [0.5, 0.6) is 0 Å². The van der Waals surface area contributed by atoms with Gasteiger partial charge in [-0.3, -0.25) is 9.88 Å². The number of ether oxygens (including phenoxy) is 1. The molecule has 0 saturated carbocycles. The van der Waals surface area contributed by atoms with Crippen LogP contribution in [0.4, 0.5) is 5.95 Å². The molecule has 1 N–H and O–H groups in total. The number of nitrogens with zero attached hydrogens (tertiary/aromatic N) is 4. The lowest BCUT2D eigenvalue weighted by Gasteiger charge is -2.35. The van der Waals surface area contributed by atoms with Gasteiger partial charge in [-0.25, -0.2) is 9.97 Å². The largest absolute Gasteiger partial charge is 0.376 e. The molecule has 0 unspecified atom stereocenters. The maximum atomic E-state index is 6.07. The zero-order valence-electron chi connectivity index (χ0n) is 13.7. The number of likely N-dealkylation sites (tertiary alicyclic amines) is 1. The molecule has 126 valence electrons. The Balaban J connectivity index is 1.30. The third-order valence-electron chi connectivity index (χ3n) is 5.06. The Labute approximate surface area is 142 Å². The Morgan fingerprint density at radius 3 is 2.83 bits per heavy atom. The maximum absolute atomic E-state index is 6.07. The zero-order valence-corrected chi connectivity index (χ0v) is 13.7. The number of anilines is 1. The van der Waals surface area contributed by atoms with Crippen molar-refractivity contribution in [1.29, 1.82) is 0 Å². The lowest BCUT2D eigenvalue weighted by molar-refractivity contribution is 0.0946. The zero-order chi connectivity index (χ0) is 16.2. The Morgan fingerprint density at radius 1 is 1.17 bits per heavy atom. The maximum Gasteiger partial charge on any atom is 0.222 e. The molecule has 2 aliphatic rings. The summed E-state index contributed by atoms with van der Waals surface area (Å²) in [6.45, 7) is 4.90. The molecule has 0 spiro atoms. The van der Waals surface area contributed by atoms with E-state index < -0.39 is 0 Å². The smallest absolute Gasteiger partial charge is 0.222 e. The van der Waals surface area contributed by atoms with Gasteiger partial charge in [-0.2, -0.15) is 0 Å². The summed E-state index contributed by atoms with van der Waals surface area (Å²) in [5.74, 6) is 1.94. The van der Waals surface area contributed by atoms with Crippen LogP contribution in [0.25, 0.3) is 0 Å². The van der Waals surface area contributed by atoms with Crippen LogP contribution in [0.1, 0.15) is 12.0 Å². The molecule has 0 bridgehead atoms. The Kier molecular flexibility index (Phi) is 4.66. The van der Waals surface area contributed by atoms with Crippen molar-refractivity contribution in [3.8, 4) is 0 Å². The number of hydrogen-bond donors (Lipinski definition) is 1. The quantitative estimate of drug-likeness (QED) is 0.905. The fraction of sp³-hybridized carbons (Fsp3) is 0.500. The summed E-state index contributed by atoms with van der Waals surface area (Å²) >= 11 is 0. The van der Waals surface area contributed by atoms with Crippen LogP contribution >= 0.6 is 0 Å². The summed E-state index contributed by atoms with van der Waals surface area (Å²) in [5.41, 5.74) is 1.34. The van der Waals surface area contributed by atoms with Crippen molar-refractivity contribution in [2.75, 3.05) is 31.6 Å². The van der Waals surface area contributed by atoms with Crippen LogP contribution in [0, 0.1) is 11.8 Å². The van der Waals surface area contributed by atoms with Gasteiger partial charge < -0.3 is 10.1 Å². The average molecular weight is 325 g/mol. The van der Waals surface area contributed by atoms with Gasteiger partial charge in [0.2, 0.25) is 5.95 Å². The predicted molar refractivity (Wildman–Crippen MR) is 91.4 cm³/mol. The van der Waals surface area contributed by atoms with E-state index in [-0.39, 0.29) is 6.10 Å². The molecule has 2 aromatic rings. The van der Waals surface area contributed by atoms with Crippen LogP contribution in [-0.2, 0) is 11.3 Å². The molecule has 4 rings (SSSR count). The minimum Gasteiger partial charge on any atom is -0.376 e. The second-order valence-corrected chi connectivity index (χ2v) is 6.63. The highest BCUT2D eigenvalue weighted by Gasteiger charge is 2.40. The summed E-state index contributed by atoms with van der Waals surface area (Å²) in [7, 11) is 0. The van der Waals surface area contributed by atoms with Crippen LogP contribution in [0.2, 0.25) is 0 Å². The molecule has 6 heteroatoms. The fourth-order valence-corrected chi connectivity index (χ4v) is 3.84. The first-order chi connectivity index (χ1) is 11.9. The molecule has 0 aliphatic carbocycles. The topological polar surface area (TPSA) is 63.2 Å². The van der Waals surface area contributed by atoms with Crippen molar-refractivity contribution in [3.63, 3.8) is 0 Å². The number of hydrogen-bond acceptors (Lipinski definition) is 6. The minimum atomic E-state index is 0.266. The first kappa shape index (κ1) is 15.5. The standard InChI is InChI=1S/C18H23N5O/c1-5-20-18(21-6-1)22-10-17-16-4-9-23(12-15(16)13-24-17)11-14-2-7-19-8-3-14/h1-3,5-8,15-17H,4,9-13H2,(H,20,21,22)/t15-,16-,17-/m1/s1. The van der Waals surface area contributed by atoms with Crippen LogP contribution in [0.15, 0.2) is 43.0 Å². The van der Waals surface area contributed by atoms with Gasteiger partial charge in [-0.1, -0.05) is 0 Å². The third kappa shape index (κ3) is 3.55. The van der Waals surface area contributed by atoms with Crippen molar-refractivity contribution >= 4 is 5.95 Å². The Bertz CT molecular complexity index is 638. The lowest BCUT2D eigenvalue weighted by Crippen LogP contribution is -2.42. The molecule has 2 saturated heterocycles. The first-order valence-corrected chi connectivity index (χ1v) is 8.62. The van der Waals surface area contributed by atoms with E-state index in [1.165, 1.54) is 12.0 Å². The van der Waals surface area contributed by atoms with Crippen LogP contribution in [0.3, 0.4) is 0 Å². The average Bonchev–Trinajstić information content (AvgIpc) is 3.04. The monoisotopic (exact) mass is 325 g/mol. The second-order valence-electron chi connectivity index (χ2n) is 6.63. The number of nitrogens with one attached hydrogen (secondary N) is 1. The molecule has 2 fully saturated rings. The number of rotatable bonds is 5. The number of piperidine rings is 1. The summed E-state index contributed by atoms with van der Waals surface area (Å²) in [6.07, 6.45) is 8.71. The fourth-order valence-electron chi connectivity index (χ4n) is 3.84. The van der Waals surface area contributed by atoms with Crippen molar-refractivity contribution in [1.82, 2.24) is 19.9 Å².